The van der Waals surface area contributed by atoms with Gasteiger partial charge in [0.25, 0.3) is 0 Å². The number of nitrogens with zero attached hydrogens (tertiary/aromatic N) is 1. The first-order valence-corrected chi connectivity index (χ1v) is 8.11. The summed E-state index contributed by atoms with van der Waals surface area (Å²) in [5, 5.41) is 9.71. The Bertz CT molecular complexity index is 829. The Morgan fingerprint density at radius 1 is 1.00 bits per heavy atom. The Hall–Kier alpha value is -3.07. The summed E-state index contributed by atoms with van der Waals surface area (Å²) in [5.41, 5.74) is 3.87. The van der Waals surface area contributed by atoms with Gasteiger partial charge in [0.1, 0.15) is 11.3 Å². The Morgan fingerprint density at radius 3 is 2.12 bits per heavy atom. The van der Waals surface area contributed by atoms with Crippen molar-refractivity contribution in [1.29, 1.82) is 0 Å². The zero-order valence-corrected chi connectivity index (χ0v) is 14.1. The summed E-state index contributed by atoms with van der Waals surface area (Å²) in [6, 6.07) is 6.77. The minimum Gasteiger partial charge on any atom is -0.508 e. The number of amides is 1. The van der Waals surface area contributed by atoms with Crippen LogP contribution in [0.25, 0.3) is 0 Å². The summed E-state index contributed by atoms with van der Waals surface area (Å²) in [6.07, 6.45) is 8.73. The number of phenols is 1. The molecule has 0 saturated heterocycles. The van der Waals surface area contributed by atoms with Crippen LogP contribution in [0.1, 0.15) is 12.0 Å². The molecule has 1 amide bonds. The van der Waals surface area contributed by atoms with Gasteiger partial charge in [0, 0.05) is 0 Å². The maximum Gasteiger partial charge on any atom is 0.211 e. The van der Waals surface area contributed by atoms with Gasteiger partial charge in [-0.3, -0.25) is 4.79 Å². The molecule has 0 radical (unpaired) electrons. The van der Waals surface area contributed by atoms with E-state index in [-0.39, 0.29) is 11.8 Å². The molecule has 2 aliphatic heterocycles. The third-order valence-electron chi connectivity index (χ3n) is 5.21. The summed E-state index contributed by atoms with van der Waals surface area (Å²) < 4.78 is 0. The lowest BCUT2D eigenvalue weighted by Crippen LogP contribution is -2.50. The Morgan fingerprint density at radius 2 is 1.64 bits per heavy atom. The second-order valence-electron chi connectivity index (χ2n) is 6.11. The van der Waals surface area contributed by atoms with Crippen molar-refractivity contribution in [2.24, 2.45) is 0 Å². The lowest BCUT2D eigenvalue weighted by Gasteiger charge is -2.46. The van der Waals surface area contributed by atoms with E-state index in [0.29, 0.717) is 6.42 Å². The van der Waals surface area contributed by atoms with Crippen molar-refractivity contribution in [1.82, 2.24) is 4.90 Å². The molecule has 1 aromatic carbocycles. The molecule has 2 atom stereocenters. The van der Waals surface area contributed by atoms with Crippen LogP contribution in [0.4, 0.5) is 0 Å². The summed E-state index contributed by atoms with van der Waals surface area (Å²) in [5.74, 6) is 0.171. The largest absolute Gasteiger partial charge is 0.508 e. The SMILES string of the molecule is C=CC1=C(C=C)C2(c3ccc(O)cc3)C(C=C)=C(C=C)C(C1)N2C=O. The zero-order valence-electron chi connectivity index (χ0n) is 14.1. The molecule has 2 aliphatic rings. The predicted octanol–water partition coefficient (Wildman–Crippen LogP) is 4.17. The molecule has 2 unspecified atom stereocenters. The number of aromatic hydroxyl groups is 1. The molecule has 3 heteroatoms. The van der Waals surface area contributed by atoms with Gasteiger partial charge in [-0.2, -0.15) is 0 Å². The van der Waals surface area contributed by atoms with E-state index in [2.05, 4.69) is 26.3 Å². The monoisotopic (exact) mass is 331 g/mol. The smallest absolute Gasteiger partial charge is 0.211 e. The van der Waals surface area contributed by atoms with Crippen LogP contribution in [0.15, 0.2) is 97.2 Å². The van der Waals surface area contributed by atoms with Crippen molar-refractivity contribution in [3.63, 3.8) is 0 Å². The molecule has 25 heavy (non-hydrogen) atoms. The lowest BCUT2D eigenvalue weighted by molar-refractivity contribution is -0.123. The average molecular weight is 331 g/mol. The number of fused-ring (bicyclic) bond motifs is 2. The molecule has 2 heterocycles. The van der Waals surface area contributed by atoms with Gasteiger partial charge in [-0.1, -0.05) is 62.8 Å². The van der Waals surface area contributed by atoms with Crippen molar-refractivity contribution in [3.05, 3.63) is 103 Å². The van der Waals surface area contributed by atoms with Gasteiger partial charge in [-0.05, 0) is 46.4 Å². The summed E-state index contributed by atoms with van der Waals surface area (Å²) in [7, 11) is 0. The minimum atomic E-state index is -0.838. The first-order valence-electron chi connectivity index (χ1n) is 8.11. The fourth-order valence-electron chi connectivity index (χ4n) is 4.25. The average Bonchev–Trinajstić information content (AvgIpc) is 2.84. The van der Waals surface area contributed by atoms with Crippen LogP contribution in [0.3, 0.4) is 0 Å². The standard InChI is InChI=1S/C22H21NO2/c1-5-15-13-21-18(6-2)20(8-4)22(19(15)7-3,23(21)14-24)16-9-11-17(25)12-10-16/h5-12,14,21,25H,1-4,13H2. The molecule has 0 aliphatic carbocycles. The van der Waals surface area contributed by atoms with E-state index in [1.54, 1.807) is 35.3 Å². The molecule has 0 spiro atoms. The van der Waals surface area contributed by atoms with E-state index in [1.807, 2.05) is 18.2 Å². The first kappa shape index (κ1) is 16.8. The van der Waals surface area contributed by atoms with Crippen LogP contribution < -0.4 is 0 Å². The van der Waals surface area contributed by atoms with Crippen molar-refractivity contribution in [2.45, 2.75) is 18.0 Å². The van der Waals surface area contributed by atoms with Crippen molar-refractivity contribution >= 4 is 6.41 Å². The Kier molecular flexibility index (Phi) is 4.09. The highest BCUT2D eigenvalue weighted by molar-refractivity contribution is 5.72. The van der Waals surface area contributed by atoms with Gasteiger partial charge >= 0.3 is 0 Å². The van der Waals surface area contributed by atoms with Crippen molar-refractivity contribution in [3.8, 4) is 5.75 Å². The molecule has 0 aromatic heterocycles. The summed E-state index contributed by atoms with van der Waals surface area (Å²) in [4.78, 5) is 13.9. The van der Waals surface area contributed by atoms with Crippen LogP contribution in [-0.4, -0.2) is 22.5 Å². The second kappa shape index (κ2) is 6.10. The molecule has 2 bridgehead atoms. The van der Waals surface area contributed by atoms with Gasteiger partial charge < -0.3 is 10.0 Å². The zero-order chi connectivity index (χ0) is 18.2. The van der Waals surface area contributed by atoms with E-state index in [1.165, 1.54) is 0 Å². The van der Waals surface area contributed by atoms with Crippen molar-refractivity contribution in [2.75, 3.05) is 0 Å². The highest BCUT2D eigenvalue weighted by atomic mass is 16.3. The van der Waals surface area contributed by atoms with E-state index in [9.17, 15) is 9.90 Å². The number of benzene rings is 1. The third kappa shape index (κ3) is 2.02. The fraction of sp³-hybridized carbons (Fsp3) is 0.136. The maximum absolute atomic E-state index is 12.1. The number of hydrogen-bond acceptors (Lipinski definition) is 2. The molecule has 3 rings (SSSR count). The molecule has 0 fully saturated rings. The number of phenolic OH excluding ortho intramolecular Hbond substituents is 1. The summed E-state index contributed by atoms with van der Waals surface area (Å²) >= 11 is 0. The molecular weight excluding hydrogens is 310 g/mol. The minimum absolute atomic E-state index is 0.131. The molecular formula is C22H21NO2. The number of carbonyl (C=O) groups excluding carboxylic acids is 1. The number of rotatable bonds is 6. The fourth-order valence-corrected chi connectivity index (χ4v) is 4.25. The van der Waals surface area contributed by atoms with Gasteiger partial charge in [-0.15, -0.1) is 0 Å². The predicted molar refractivity (Wildman–Crippen MR) is 101 cm³/mol. The number of hydrogen-bond donors (Lipinski definition) is 1. The number of carbonyl (C=O) groups is 1. The summed E-state index contributed by atoms with van der Waals surface area (Å²) in [6.45, 7) is 15.9. The second-order valence-corrected chi connectivity index (χ2v) is 6.11. The van der Waals surface area contributed by atoms with Gasteiger partial charge in [0.15, 0.2) is 0 Å². The quantitative estimate of drug-likeness (QED) is 0.795. The van der Waals surface area contributed by atoms with E-state index in [4.69, 9.17) is 0 Å². The molecule has 3 nitrogen and oxygen atoms in total. The highest BCUT2D eigenvalue weighted by Gasteiger charge is 2.55. The third-order valence-corrected chi connectivity index (χ3v) is 5.21. The van der Waals surface area contributed by atoms with Crippen LogP contribution in [0.2, 0.25) is 0 Å². The molecule has 1 aromatic rings. The Labute approximate surface area is 148 Å². The van der Waals surface area contributed by atoms with Gasteiger partial charge in [0.2, 0.25) is 6.41 Å². The van der Waals surface area contributed by atoms with Crippen molar-refractivity contribution < 1.29 is 9.90 Å². The van der Waals surface area contributed by atoms with E-state index >= 15 is 0 Å². The lowest BCUT2D eigenvalue weighted by atomic mass is 9.73. The maximum atomic E-state index is 12.1. The van der Waals surface area contributed by atoms with Gasteiger partial charge in [0.05, 0.1) is 6.04 Å². The van der Waals surface area contributed by atoms with Crippen LogP contribution in [-0.2, 0) is 10.3 Å². The van der Waals surface area contributed by atoms with Crippen LogP contribution in [0.5, 0.6) is 5.75 Å². The first-order chi connectivity index (χ1) is 12.1. The highest BCUT2D eigenvalue weighted by Crippen LogP contribution is 2.56. The number of allylic oxidation sites excluding steroid dienone is 1. The topological polar surface area (TPSA) is 40.5 Å². The van der Waals surface area contributed by atoms with Gasteiger partial charge in [-0.25, -0.2) is 0 Å². The van der Waals surface area contributed by atoms with Crippen LogP contribution in [0, 0.1) is 0 Å². The Balaban J connectivity index is 2.48. The molecule has 1 N–H and O–H groups in total. The van der Waals surface area contributed by atoms with E-state index < -0.39 is 5.54 Å². The normalized spacial score (nSPS) is 25.0. The molecule has 0 saturated carbocycles. The van der Waals surface area contributed by atoms with Crippen LogP contribution >= 0.6 is 0 Å². The van der Waals surface area contributed by atoms with E-state index in [0.717, 1.165) is 34.3 Å². The molecule has 126 valence electrons.